The lowest BCUT2D eigenvalue weighted by Gasteiger charge is -2.25. The van der Waals surface area contributed by atoms with Crippen molar-refractivity contribution in [3.05, 3.63) is 29.1 Å². The average Bonchev–Trinajstić information content (AvgIpc) is 2.88. The van der Waals surface area contributed by atoms with Gasteiger partial charge in [-0.3, -0.25) is 4.98 Å². The van der Waals surface area contributed by atoms with Crippen LogP contribution >= 0.6 is 0 Å². The molecule has 0 radical (unpaired) electrons. The van der Waals surface area contributed by atoms with E-state index in [-0.39, 0.29) is 5.54 Å². The van der Waals surface area contributed by atoms with E-state index in [1.165, 1.54) is 25.7 Å². The van der Waals surface area contributed by atoms with E-state index in [0.717, 1.165) is 17.0 Å². The molecule has 1 aromatic rings. The Balaban J connectivity index is 2.17. The maximum Gasteiger partial charge on any atom is 0.0932 e. The van der Waals surface area contributed by atoms with Crippen LogP contribution in [0.3, 0.4) is 0 Å². The number of aromatic nitrogens is 1. The van der Waals surface area contributed by atoms with Crippen LogP contribution in [0.25, 0.3) is 0 Å². The third-order valence-electron chi connectivity index (χ3n) is 4.02. The van der Waals surface area contributed by atoms with Gasteiger partial charge < -0.3 is 10.4 Å². The Labute approximate surface area is 122 Å². The van der Waals surface area contributed by atoms with Crippen molar-refractivity contribution in [3.63, 3.8) is 0 Å². The molecule has 1 aliphatic carbocycles. The summed E-state index contributed by atoms with van der Waals surface area (Å²) in [6.07, 6.45) is 4.52. The minimum absolute atomic E-state index is 0.0205. The standard InChI is InChI=1S/C17H28N2O/c1-12-9-10-14(15(20)11-18-17(2,3)4)16(19-12)13-7-5-6-8-13/h9-10,13,15,18,20H,5-8,11H2,1-4H3/t15-/m0/s1. The van der Waals surface area contributed by atoms with Gasteiger partial charge in [-0.1, -0.05) is 18.9 Å². The van der Waals surface area contributed by atoms with Crippen molar-refractivity contribution in [3.8, 4) is 0 Å². The number of β-amino-alcohol motifs (C(OH)–C–C–N with tert-alkyl or cyclic N) is 1. The molecule has 3 heteroatoms. The smallest absolute Gasteiger partial charge is 0.0932 e. The Morgan fingerprint density at radius 2 is 1.95 bits per heavy atom. The van der Waals surface area contributed by atoms with Crippen molar-refractivity contribution in [2.24, 2.45) is 0 Å². The second kappa shape index (κ2) is 6.23. The topological polar surface area (TPSA) is 45.1 Å². The molecule has 0 aliphatic heterocycles. The van der Waals surface area contributed by atoms with Crippen LogP contribution in [0.4, 0.5) is 0 Å². The molecule has 112 valence electrons. The normalized spacial score (nSPS) is 18.4. The molecule has 1 fully saturated rings. The average molecular weight is 276 g/mol. The Morgan fingerprint density at radius 1 is 1.30 bits per heavy atom. The molecular formula is C17H28N2O. The molecule has 2 N–H and O–H groups in total. The fourth-order valence-corrected chi connectivity index (χ4v) is 2.91. The van der Waals surface area contributed by atoms with Crippen LogP contribution in [0.2, 0.25) is 0 Å². The van der Waals surface area contributed by atoms with Crippen molar-refractivity contribution < 1.29 is 5.11 Å². The molecule has 1 heterocycles. The molecule has 0 spiro atoms. The van der Waals surface area contributed by atoms with Crippen molar-refractivity contribution in [2.75, 3.05) is 6.54 Å². The number of nitrogens with zero attached hydrogens (tertiary/aromatic N) is 1. The van der Waals surface area contributed by atoms with Crippen LogP contribution in [0.5, 0.6) is 0 Å². The van der Waals surface area contributed by atoms with E-state index in [9.17, 15) is 5.11 Å². The number of nitrogens with one attached hydrogen (secondary N) is 1. The van der Waals surface area contributed by atoms with Gasteiger partial charge in [0, 0.05) is 35.0 Å². The van der Waals surface area contributed by atoms with Crippen molar-refractivity contribution in [2.45, 2.75) is 70.9 Å². The molecule has 20 heavy (non-hydrogen) atoms. The first kappa shape index (κ1) is 15.5. The molecular weight excluding hydrogens is 248 g/mol. The molecule has 0 unspecified atom stereocenters. The van der Waals surface area contributed by atoms with Gasteiger partial charge in [0.25, 0.3) is 0 Å². The second-order valence-electron chi connectivity index (χ2n) is 7.06. The highest BCUT2D eigenvalue weighted by Gasteiger charge is 2.24. The first-order valence-corrected chi connectivity index (χ1v) is 7.77. The van der Waals surface area contributed by atoms with Crippen LogP contribution in [0, 0.1) is 6.92 Å². The lowest BCUT2D eigenvalue weighted by molar-refractivity contribution is 0.161. The van der Waals surface area contributed by atoms with Crippen LogP contribution in [0.15, 0.2) is 12.1 Å². The molecule has 1 saturated carbocycles. The maximum atomic E-state index is 10.5. The third kappa shape index (κ3) is 4.03. The van der Waals surface area contributed by atoms with E-state index in [1.54, 1.807) is 0 Å². The highest BCUT2D eigenvalue weighted by molar-refractivity contribution is 5.29. The molecule has 1 aromatic heterocycles. The maximum absolute atomic E-state index is 10.5. The number of hydrogen-bond acceptors (Lipinski definition) is 3. The fourth-order valence-electron chi connectivity index (χ4n) is 2.91. The van der Waals surface area contributed by atoms with Crippen LogP contribution in [-0.4, -0.2) is 22.2 Å². The summed E-state index contributed by atoms with van der Waals surface area (Å²) in [5.74, 6) is 0.536. The van der Waals surface area contributed by atoms with Gasteiger partial charge in [-0.05, 0) is 46.6 Å². The zero-order chi connectivity index (χ0) is 14.8. The largest absolute Gasteiger partial charge is 0.387 e. The zero-order valence-electron chi connectivity index (χ0n) is 13.2. The molecule has 1 aliphatic rings. The van der Waals surface area contributed by atoms with E-state index in [2.05, 4.69) is 32.2 Å². The molecule has 2 rings (SSSR count). The van der Waals surface area contributed by atoms with Gasteiger partial charge in [-0.2, -0.15) is 0 Å². The zero-order valence-corrected chi connectivity index (χ0v) is 13.2. The van der Waals surface area contributed by atoms with E-state index >= 15 is 0 Å². The molecule has 0 saturated heterocycles. The van der Waals surface area contributed by atoms with Crippen molar-refractivity contribution in [1.82, 2.24) is 10.3 Å². The van der Waals surface area contributed by atoms with E-state index < -0.39 is 6.10 Å². The summed E-state index contributed by atoms with van der Waals surface area (Å²) in [5, 5.41) is 13.9. The number of aliphatic hydroxyl groups is 1. The van der Waals surface area contributed by atoms with Gasteiger partial charge in [0.1, 0.15) is 0 Å². The minimum atomic E-state index is -0.474. The first-order chi connectivity index (χ1) is 9.37. The monoisotopic (exact) mass is 276 g/mol. The predicted molar refractivity (Wildman–Crippen MR) is 82.9 cm³/mol. The summed E-state index contributed by atoms with van der Waals surface area (Å²) in [5.41, 5.74) is 3.21. The fraction of sp³-hybridized carbons (Fsp3) is 0.706. The minimum Gasteiger partial charge on any atom is -0.387 e. The number of aryl methyl sites for hydroxylation is 1. The van der Waals surface area contributed by atoms with Gasteiger partial charge in [-0.25, -0.2) is 0 Å². The molecule has 1 atom stereocenters. The Bertz CT molecular complexity index is 445. The number of hydrogen-bond donors (Lipinski definition) is 2. The summed E-state index contributed by atoms with van der Waals surface area (Å²) in [6.45, 7) is 8.96. The van der Waals surface area contributed by atoms with Crippen LogP contribution < -0.4 is 5.32 Å². The molecule has 0 aromatic carbocycles. The highest BCUT2D eigenvalue weighted by atomic mass is 16.3. The third-order valence-corrected chi connectivity index (χ3v) is 4.02. The van der Waals surface area contributed by atoms with Gasteiger partial charge >= 0.3 is 0 Å². The SMILES string of the molecule is Cc1ccc([C@@H](O)CNC(C)(C)C)c(C2CCCC2)n1. The van der Waals surface area contributed by atoms with Gasteiger partial charge in [0.05, 0.1) is 6.10 Å². The highest BCUT2D eigenvalue weighted by Crippen LogP contribution is 2.36. The van der Waals surface area contributed by atoms with E-state index in [1.807, 2.05) is 13.0 Å². The number of pyridine rings is 1. The van der Waals surface area contributed by atoms with Crippen LogP contribution in [0.1, 0.15) is 75.4 Å². The Morgan fingerprint density at radius 3 is 2.55 bits per heavy atom. The summed E-state index contributed by atoms with van der Waals surface area (Å²) >= 11 is 0. The molecule has 0 bridgehead atoms. The summed E-state index contributed by atoms with van der Waals surface area (Å²) in [4.78, 5) is 4.73. The summed E-state index contributed by atoms with van der Waals surface area (Å²) in [7, 11) is 0. The van der Waals surface area contributed by atoms with Gasteiger partial charge in [0.2, 0.25) is 0 Å². The lowest BCUT2D eigenvalue weighted by Crippen LogP contribution is -2.38. The predicted octanol–water partition coefficient (Wildman–Crippen LogP) is 3.47. The Hall–Kier alpha value is -0.930. The Kier molecular flexibility index (Phi) is 4.82. The van der Waals surface area contributed by atoms with E-state index in [0.29, 0.717) is 12.5 Å². The van der Waals surface area contributed by atoms with Crippen molar-refractivity contribution in [1.29, 1.82) is 0 Å². The molecule has 0 amide bonds. The summed E-state index contributed by atoms with van der Waals surface area (Å²) < 4.78 is 0. The number of aliphatic hydroxyl groups excluding tert-OH is 1. The quantitative estimate of drug-likeness (QED) is 0.885. The van der Waals surface area contributed by atoms with Crippen LogP contribution in [-0.2, 0) is 0 Å². The lowest BCUT2D eigenvalue weighted by atomic mass is 9.94. The number of rotatable bonds is 4. The second-order valence-corrected chi connectivity index (χ2v) is 7.06. The van der Waals surface area contributed by atoms with E-state index in [4.69, 9.17) is 4.98 Å². The summed E-state index contributed by atoms with van der Waals surface area (Å²) in [6, 6.07) is 4.07. The van der Waals surface area contributed by atoms with Gasteiger partial charge in [-0.15, -0.1) is 0 Å². The molecule has 3 nitrogen and oxygen atoms in total. The van der Waals surface area contributed by atoms with Gasteiger partial charge in [0.15, 0.2) is 0 Å². The first-order valence-electron chi connectivity index (χ1n) is 7.77. The van der Waals surface area contributed by atoms with Crippen molar-refractivity contribution >= 4 is 0 Å².